The Morgan fingerprint density at radius 2 is 2.04 bits per heavy atom. The minimum absolute atomic E-state index is 0.125. The molecule has 0 amide bonds. The minimum Gasteiger partial charge on any atom is -0.462 e. The van der Waals surface area contributed by atoms with Gasteiger partial charge in [-0.2, -0.15) is 0 Å². The van der Waals surface area contributed by atoms with E-state index >= 15 is 0 Å². The van der Waals surface area contributed by atoms with Crippen LogP contribution in [0.15, 0.2) is 23.1 Å². The number of hydrogen-bond acceptors (Lipinski definition) is 6. The van der Waals surface area contributed by atoms with Gasteiger partial charge in [-0.25, -0.2) is 22.3 Å². The number of sulfonamides is 1. The van der Waals surface area contributed by atoms with Gasteiger partial charge in [0.2, 0.25) is 10.0 Å². The van der Waals surface area contributed by atoms with Gasteiger partial charge in [0, 0.05) is 39.3 Å². The number of carbonyl (C=O) groups is 1. The maximum absolute atomic E-state index is 13.7. The number of benzene rings is 1. The van der Waals surface area contributed by atoms with Crippen LogP contribution >= 0.6 is 0 Å². The number of nitrogens with one attached hydrogen (secondary N) is 2. The van der Waals surface area contributed by atoms with E-state index in [-0.39, 0.29) is 23.6 Å². The second-order valence-corrected chi connectivity index (χ2v) is 7.15. The van der Waals surface area contributed by atoms with Crippen LogP contribution in [0.3, 0.4) is 0 Å². The molecule has 1 saturated heterocycles. The van der Waals surface area contributed by atoms with Crippen LogP contribution in [-0.4, -0.2) is 65.2 Å². The first-order valence-corrected chi connectivity index (χ1v) is 9.31. The van der Waals surface area contributed by atoms with Crippen LogP contribution in [0.2, 0.25) is 0 Å². The predicted octanol–water partition coefficient (Wildman–Crippen LogP) is 0.186. The summed E-state index contributed by atoms with van der Waals surface area (Å²) in [5, 5.41) is 3.21. The summed E-state index contributed by atoms with van der Waals surface area (Å²) in [6, 6.07) is 2.96. The van der Waals surface area contributed by atoms with Crippen LogP contribution in [0.25, 0.3) is 0 Å². The normalized spacial score (nSPS) is 16.1. The lowest BCUT2D eigenvalue weighted by molar-refractivity contribution is 0.0525. The van der Waals surface area contributed by atoms with E-state index in [2.05, 4.69) is 14.9 Å². The molecule has 2 N–H and O–H groups in total. The highest BCUT2D eigenvalue weighted by Crippen LogP contribution is 2.15. The van der Waals surface area contributed by atoms with Crippen molar-refractivity contribution in [1.29, 1.82) is 0 Å². The van der Waals surface area contributed by atoms with Crippen molar-refractivity contribution in [1.82, 2.24) is 14.9 Å². The highest BCUT2D eigenvalue weighted by atomic mass is 32.2. The van der Waals surface area contributed by atoms with Gasteiger partial charge in [-0.1, -0.05) is 0 Å². The molecule has 0 atom stereocenters. The summed E-state index contributed by atoms with van der Waals surface area (Å²) >= 11 is 0. The number of rotatable bonds is 7. The molecule has 134 valence electrons. The topological polar surface area (TPSA) is 87.7 Å². The lowest BCUT2D eigenvalue weighted by Gasteiger charge is -2.27. The summed E-state index contributed by atoms with van der Waals surface area (Å²) in [4.78, 5) is 13.5. The van der Waals surface area contributed by atoms with Crippen LogP contribution in [0, 0.1) is 5.82 Å². The van der Waals surface area contributed by atoms with Gasteiger partial charge < -0.3 is 10.1 Å². The summed E-state index contributed by atoms with van der Waals surface area (Å²) in [7, 11) is -3.89. The zero-order valence-corrected chi connectivity index (χ0v) is 14.4. The van der Waals surface area contributed by atoms with Crippen molar-refractivity contribution in [3.63, 3.8) is 0 Å². The molecule has 7 nitrogen and oxygen atoms in total. The third-order valence-electron chi connectivity index (χ3n) is 3.62. The summed E-state index contributed by atoms with van der Waals surface area (Å²) in [5.41, 5.74) is -0.126. The van der Waals surface area contributed by atoms with Gasteiger partial charge >= 0.3 is 5.97 Å². The lowest BCUT2D eigenvalue weighted by atomic mass is 10.2. The van der Waals surface area contributed by atoms with Gasteiger partial charge in [-0.05, 0) is 25.1 Å². The number of carbonyl (C=O) groups excluding carboxylic acids is 1. The Kier molecular flexibility index (Phi) is 6.67. The van der Waals surface area contributed by atoms with E-state index in [9.17, 15) is 17.6 Å². The molecule has 24 heavy (non-hydrogen) atoms. The molecule has 1 aromatic rings. The van der Waals surface area contributed by atoms with Crippen molar-refractivity contribution >= 4 is 16.0 Å². The van der Waals surface area contributed by atoms with E-state index in [0.717, 1.165) is 44.4 Å². The van der Waals surface area contributed by atoms with Crippen molar-refractivity contribution in [2.45, 2.75) is 11.8 Å². The van der Waals surface area contributed by atoms with Gasteiger partial charge in [-0.3, -0.25) is 4.90 Å². The first kappa shape index (κ1) is 18.8. The maximum atomic E-state index is 13.7. The molecule has 1 fully saturated rings. The summed E-state index contributed by atoms with van der Waals surface area (Å²) < 4.78 is 45.5. The van der Waals surface area contributed by atoms with Crippen molar-refractivity contribution in [2.24, 2.45) is 0 Å². The Labute approximate surface area is 141 Å². The third kappa shape index (κ3) is 5.23. The molecule has 2 rings (SSSR count). The molecule has 0 saturated carbocycles. The highest BCUT2D eigenvalue weighted by Gasteiger charge is 2.19. The summed E-state index contributed by atoms with van der Waals surface area (Å²) in [6.07, 6.45) is 0. The number of hydrogen-bond donors (Lipinski definition) is 2. The molecule has 0 unspecified atom stereocenters. The van der Waals surface area contributed by atoms with Crippen molar-refractivity contribution in [3.8, 4) is 0 Å². The average molecular weight is 359 g/mol. The monoisotopic (exact) mass is 359 g/mol. The van der Waals surface area contributed by atoms with Gasteiger partial charge in [-0.15, -0.1) is 0 Å². The first-order chi connectivity index (χ1) is 11.4. The SMILES string of the molecule is CCOC(=O)c1cc(F)cc(S(=O)(=O)NCCN2CCNCC2)c1. The van der Waals surface area contributed by atoms with E-state index < -0.39 is 21.8 Å². The smallest absolute Gasteiger partial charge is 0.338 e. The Balaban J connectivity index is 2.03. The predicted molar refractivity (Wildman–Crippen MR) is 86.9 cm³/mol. The molecule has 0 bridgehead atoms. The molecule has 0 radical (unpaired) electrons. The fraction of sp³-hybridized carbons (Fsp3) is 0.533. The lowest BCUT2D eigenvalue weighted by Crippen LogP contribution is -2.46. The number of nitrogens with zero attached hydrogens (tertiary/aromatic N) is 1. The largest absolute Gasteiger partial charge is 0.462 e. The molecule has 1 aliphatic rings. The fourth-order valence-electron chi connectivity index (χ4n) is 2.41. The average Bonchev–Trinajstić information content (AvgIpc) is 2.55. The molecule has 0 spiro atoms. The Hall–Kier alpha value is -1.55. The van der Waals surface area contributed by atoms with Crippen LogP contribution in [0.1, 0.15) is 17.3 Å². The van der Waals surface area contributed by atoms with Gasteiger partial charge in [0.1, 0.15) is 5.82 Å². The number of esters is 1. The molecule has 1 aliphatic heterocycles. The molecule has 9 heteroatoms. The van der Waals surface area contributed by atoms with E-state index in [4.69, 9.17) is 4.74 Å². The summed E-state index contributed by atoms with van der Waals surface area (Å²) in [5.74, 6) is -1.56. The molecule has 1 aromatic carbocycles. The van der Waals surface area contributed by atoms with Crippen molar-refractivity contribution < 1.29 is 22.3 Å². The Bertz CT molecular complexity index is 675. The van der Waals surface area contributed by atoms with Gasteiger partial charge in [0.25, 0.3) is 0 Å². The van der Waals surface area contributed by atoms with Crippen LogP contribution in [0.5, 0.6) is 0 Å². The van der Waals surface area contributed by atoms with Crippen LogP contribution in [0.4, 0.5) is 4.39 Å². The zero-order chi connectivity index (χ0) is 17.6. The second-order valence-electron chi connectivity index (χ2n) is 5.39. The zero-order valence-electron chi connectivity index (χ0n) is 13.5. The van der Waals surface area contributed by atoms with Gasteiger partial charge in [0.05, 0.1) is 17.1 Å². The van der Waals surface area contributed by atoms with Crippen LogP contribution < -0.4 is 10.0 Å². The number of piperazine rings is 1. The number of ether oxygens (including phenoxy) is 1. The standard InChI is InChI=1S/C15H22FN3O4S/c1-2-23-15(20)12-9-13(16)11-14(10-12)24(21,22)18-5-8-19-6-3-17-4-7-19/h9-11,17-18H,2-8H2,1H3. The molecule has 1 heterocycles. The maximum Gasteiger partial charge on any atom is 0.338 e. The van der Waals surface area contributed by atoms with Gasteiger partial charge in [0.15, 0.2) is 0 Å². The van der Waals surface area contributed by atoms with E-state index in [0.29, 0.717) is 6.54 Å². The second kappa shape index (κ2) is 8.52. The van der Waals surface area contributed by atoms with E-state index in [1.54, 1.807) is 6.92 Å². The Morgan fingerprint density at radius 3 is 2.71 bits per heavy atom. The third-order valence-corrected chi connectivity index (χ3v) is 5.06. The molecular formula is C15H22FN3O4S. The van der Waals surface area contributed by atoms with Crippen molar-refractivity contribution in [2.75, 3.05) is 45.9 Å². The number of halogens is 1. The summed E-state index contributed by atoms with van der Waals surface area (Å²) in [6.45, 7) is 5.99. The van der Waals surface area contributed by atoms with Crippen molar-refractivity contribution in [3.05, 3.63) is 29.6 Å². The first-order valence-electron chi connectivity index (χ1n) is 7.83. The quantitative estimate of drug-likeness (QED) is 0.676. The molecule has 0 aliphatic carbocycles. The van der Waals surface area contributed by atoms with E-state index in [1.807, 2.05) is 0 Å². The van der Waals surface area contributed by atoms with Crippen LogP contribution in [-0.2, 0) is 14.8 Å². The minimum atomic E-state index is -3.89. The fourth-order valence-corrected chi connectivity index (χ4v) is 3.48. The Morgan fingerprint density at radius 1 is 1.33 bits per heavy atom. The van der Waals surface area contributed by atoms with E-state index in [1.165, 1.54) is 0 Å². The molecule has 0 aromatic heterocycles. The molecular weight excluding hydrogens is 337 g/mol. The highest BCUT2D eigenvalue weighted by molar-refractivity contribution is 7.89.